The van der Waals surface area contributed by atoms with Gasteiger partial charge in [0, 0.05) is 23.5 Å². The van der Waals surface area contributed by atoms with Crippen LogP contribution in [0.25, 0.3) is 0 Å². The molecule has 1 aliphatic rings. The zero-order valence-electron chi connectivity index (χ0n) is 11.4. The van der Waals surface area contributed by atoms with Crippen molar-refractivity contribution in [1.29, 1.82) is 0 Å². The number of nitrogens with zero attached hydrogens (tertiary/aromatic N) is 1. The maximum absolute atomic E-state index is 12.7. The van der Waals surface area contributed by atoms with E-state index in [4.69, 9.17) is 5.73 Å². The highest BCUT2D eigenvalue weighted by Gasteiger charge is 2.21. The number of para-hydroxylation sites is 1. The third-order valence-corrected chi connectivity index (χ3v) is 3.74. The second-order valence-electron chi connectivity index (χ2n) is 5.17. The Hall–Kier alpha value is -2.29. The fourth-order valence-corrected chi connectivity index (χ4v) is 2.73. The first-order chi connectivity index (χ1) is 9.75. The molecule has 0 saturated carbocycles. The van der Waals surface area contributed by atoms with Crippen molar-refractivity contribution in [3.63, 3.8) is 0 Å². The van der Waals surface area contributed by atoms with E-state index in [2.05, 4.69) is 6.07 Å². The van der Waals surface area contributed by atoms with E-state index in [1.807, 2.05) is 35.2 Å². The second-order valence-corrected chi connectivity index (χ2v) is 5.17. The van der Waals surface area contributed by atoms with Crippen LogP contribution in [0, 0.1) is 0 Å². The van der Waals surface area contributed by atoms with Gasteiger partial charge in [-0.1, -0.05) is 24.3 Å². The molecule has 3 heteroatoms. The van der Waals surface area contributed by atoms with Crippen LogP contribution in [0.5, 0.6) is 0 Å². The number of hydrogen-bond donors (Lipinski definition) is 1. The zero-order chi connectivity index (χ0) is 13.9. The molecule has 0 atom stereocenters. The van der Waals surface area contributed by atoms with E-state index in [0.717, 1.165) is 31.5 Å². The quantitative estimate of drug-likeness (QED) is 0.805. The van der Waals surface area contributed by atoms with Crippen LogP contribution in [0.4, 0.5) is 11.4 Å². The smallest absolute Gasteiger partial charge is 0.258 e. The van der Waals surface area contributed by atoms with Crippen molar-refractivity contribution >= 4 is 17.3 Å². The topological polar surface area (TPSA) is 46.3 Å². The monoisotopic (exact) mass is 266 g/mol. The number of rotatable bonds is 1. The van der Waals surface area contributed by atoms with Crippen molar-refractivity contribution in [1.82, 2.24) is 0 Å². The molecule has 2 aromatic carbocycles. The fraction of sp³-hybridized carbons (Fsp3) is 0.235. The number of carbonyl (C=O) groups excluding carboxylic acids is 1. The van der Waals surface area contributed by atoms with Crippen molar-refractivity contribution in [3.8, 4) is 0 Å². The summed E-state index contributed by atoms with van der Waals surface area (Å²) < 4.78 is 0. The van der Waals surface area contributed by atoms with Crippen LogP contribution in [0.3, 0.4) is 0 Å². The number of anilines is 2. The van der Waals surface area contributed by atoms with E-state index in [1.165, 1.54) is 5.56 Å². The van der Waals surface area contributed by atoms with Gasteiger partial charge in [-0.25, -0.2) is 0 Å². The van der Waals surface area contributed by atoms with E-state index in [0.29, 0.717) is 11.3 Å². The van der Waals surface area contributed by atoms with Gasteiger partial charge in [-0.05, 0) is 49.1 Å². The average Bonchev–Trinajstić information content (AvgIpc) is 2.69. The predicted molar refractivity (Wildman–Crippen MR) is 81.9 cm³/mol. The molecule has 1 aliphatic heterocycles. The third-order valence-electron chi connectivity index (χ3n) is 3.74. The lowest BCUT2D eigenvalue weighted by molar-refractivity contribution is 0.0987. The lowest BCUT2D eigenvalue weighted by atomic mass is 10.1. The second kappa shape index (κ2) is 5.37. The number of benzene rings is 2. The lowest BCUT2D eigenvalue weighted by Gasteiger charge is -2.23. The molecule has 0 bridgehead atoms. The molecule has 20 heavy (non-hydrogen) atoms. The molecular formula is C17H18N2O. The first-order valence-corrected chi connectivity index (χ1v) is 7.01. The van der Waals surface area contributed by atoms with Crippen LogP contribution < -0.4 is 10.6 Å². The molecule has 2 aromatic rings. The van der Waals surface area contributed by atoms with E-state index in [1.54, 1.807) is 12.1 Å². The summed E-state index contributed by atoms with van der Waals surface area (Å²) in [6, 6.07) is 15.4. The third kappa shape index (κ3) is 2.39. The van der Waals surface area contributed by atoms with Crippen LogP contribution in [0.15, 0.2) is 48.5 Å². The Kier molecular flexibility index (Phi) is 3.42. The van der Waals surface area contributed by atoms with Crippen LogP contribution in [0.1, 0.15) is 28.8 Å². The molecule has 0 saturated heterocycles. The fourth-order valence-electron chi connectivity index (χ4n) is 2.73. The lowest BCUT2D eigenvalue weighted by Crippen LogP contribution is -2.31. The van der Waals surface area contributed by atoms with E-state index < -0.39 is 0 Å². The number of nitrogen functional groups attached to an aromatic ring is 1. The van der Waals surface area contributed by atoms with Gasteiger partial charge in [-0.15, -0.1) is 0 Å². The first kappa shape index (κ1) is 12.7. The van der Waals surface area contributed by atoms with Crippen LogP contribution in [-0.2, 0) is 6.42 Å². The van der Waals surface area contributed by atoms with Gasteiger partial charge in [0.05, 0.1) is 0 Å². The molecule has 102 valence electrons. The molecular weight excluding hydrogens is 248 g/mol. The van der Waals surface area contributed by atoms with Crippen molar-refractivity contribution in [2.24, 2.45) is 0 Å². The average molecular weight is 266 g/mol. The molecule has 0 aliphatic carbocycles. The molecule has 0 unspecified atom stereocenters. The van der Waals surface area contributed by atoms with Crippen LogP contribution in [0.2, 0.25) is 0 Å². The van der Waals surface area contributed by atoms with Gasteiger partial charge in [0.25, 0.3) is 5.91 Å². The molecule has 3 rings (SSSR count). The Bertz CT molecular complexity index is 636. The summed E-state index contributed by atoms with van der Waals surface area (Å²) >= 11 is 0. The van der Waals surface area contributed by atoms with Gasteiger partial charge in [0.15, 0.2) is 0 Å². The molecule has 0 spiro atoms. The van der Waals surface area contributed by atoms with E-state index in [9.17, 15) is 4.79 Å². The molecule has 0 aromatic heterocycles. The summed E-state index contributed by atoms with van der Waals surface area (Å²) in [5.41, 5.74) is 9.35. The largest absolute Gasteiger partial charge is 0.399 e. The van der Waals surface area contributed by atoms with Crippen molar-refractivity contribution < 1.29 is 4.79 Å². The SMILES string of the molecule is Nc1cccc(C(=O)N2CCCCc3ccccc32)c1. The summed E-state index contributed by atoms with van der Waals surface area (Å²) in [6.07, 6.45) is 3.19. The van der Waals surface area contributed by atoms with Crippen molar-refractivity contribution in [3.05, 3.63) is 59.7 Å². The summed E-state index contributed by atoms with van der Waals surface area (Å²) in [7, 11) is 0. The molecule has 3 nitrogen and oxygen atoms in total. The van der Waals surface area contributed by atoms with Gasteiger partial charge in [0.2, 0.25) is 0 Å². The molecule has 1 amide bonds. The number of nitrogens with two attached hydrogens (primary N) is 1. The highest BCUT2D eigenvalue weighted by molar-refractivity contribution is 6.07. The van der Waals surface area contributed by atoms with Crippen LogP contribution >= 0.6 is 0 Å². The Morgan fingerprint density at radius 1 is 1.05 bits per heavy atom. The summed E-state index contributed by atoms with van der Waals surface area (Å²) in [6.45, 7) is 0.768. The Balaban J connectivity index is 1.99. The maximum Gasteiger partial charge on any atom is 0.258 e. The van der Waals surface area contributed by atoms with E-state index >= 15 is 0 Å². The number of amides is 1. The van der Waals surface area contributed by atoms with Gasteiger partial charge < -0.3 is 10.6 Å². The number of fused-ring (bicyclic) bond motifs is 1. The highest BCUT2D eigenvalue weighted by Crippen LogP contribution is 2.27. The molecule has 2 N–H and O–H groups in total. The van der Waals surface area contributed by atoms with Crippen molar-refractivity contribution in [2.75, 3.05) is 17.2 Å². The molecule has 0 fully saturated rings. The molecule has 0 radical (unpaired) electrons. The number of hydrogen-bond acceptors (Lipinski definition) is 2. The van der Waals surface area contributed by atoms with Gasteiger partial charge in [-0.3, -0.25) is 4.79 Å². The summed E-state index contributed by atoms with van der Waals surface area (Å²) in [5.74, 6) is 0.0339. The van der Waals surface area contributed by atoms with Gasteiger partial charge in [-0.2, -0.15) is 0 Å². The highest BCUT2D eigenvalue weighted by atomic mass is 16.2. The predicted octanol–water partition coefficient (Wildman–Crippen LogP) is 3.25. The van der Waals surface area contributed by atoms with Crippen molar-refractivity contribution in [2.45, 2.75) is 19.3 Å². The summed E-state index contributed by atoms with van der Waals surface area (Å²) in [5, 5.41) is 0. The minimum Gasteiger partial charge on any atom is -0.399 e. The summed E-state index contributed by atoms with van der Waals surface area (Å²) in [4.78, 5) is 14.6. The Morgan fingerprint density at radius 3 is 2.75 bits per heavy atom. The van der Waals surface area contributed by atoms with Gasteiger partial charge in [0.1, 0.15) is 0 Å². The zero-order valence-corrected chi connectivity index (χ0v) is 11.4. The number of aryl methyl sites for hydroxylation is 1. The number of carbonyl (C=O) groups is 1. The van der Waals surface area contributed by atoms with Crippen LogP contribution in [-0.4, -0.2) is 12.5 Å². The van der Waals surface area contributed by atoms with E-state index in [-0.39, 0.29) is 5.91 Å². The standard InChI is InChI=1S/C17H18N2O/c18-15-9-5-8-14(12-15)17(20)19-11-4-3-7-13-6-1-2-10-16(13)19/h1-2,5-6,8-10,12H,3-4,7,11,18H2. The molecule has 1 heterocycles. The minimum atomic E-state index is 0.0339. The first-order valence-electron chi connectivity index (χ1n) is 7.01. The van der Waals surface area contributed by atoms with Gasteiger partial charge >= 0.3 is 0 Å². The Labute approximate surface area is 119 Å². The maximum atomic E-state index is 12.7. The Morgan fingerprint density at radius 2 is 1.90 bits per heavy atom. The normalized spacial score (nSPS) is 14.5. The minimum absolute atomic E-state index is 0.0339.